The van der Waals surface area contributed by atoms with Crippen LogP contribution in [0, 0.1) is 5.92 Å². The summed E-state index contributed by atoms with van der Waals surface area (Å²) in [7, 11) is 0. The number of halogens is 2. The number of H-pyrrole nitrogens is 1. The molecule has 2 aromatic heterocycles. The maximum atomic E-state index is 12.9. The van der Waals surface area contributed by atoms with Crippen molar-refractivity contribution in [3.05, 3.63) is 57.3 Å². The maximum Gasteiger partial charge on any atom is 0.171 e. The summed E-state index contributed by atoms with van der Waals surface area (Å²) >= 11 is 9.37. The molecule has 0 saturated carbocycles. The second kappa shape index (κ2) is 5.65. The fourth-order valence-electron chi connectivity index (χ4n) is 2.94. The molecule has 1 aromatic carbocycles. The Balaban J connectivity index is 1.66. The fourth-order valence-corrected chi connectivity index (χ4v) is 3.44. The number of nitrogens with zero attached hydrogens (tertiary/aromatic N) is 1. The number of hydrogen-bond acceptors (Lipinski definition) is 3. The molecule has 0 saturated heterocycles. The van der Waals surface area contributed by atoms with Gasteiger partial charge >= 0.3 is 0 Å². The number of aromatic nitrogens is 2. The van der Waals surface area contributed by atoms with Crippen LogP contribution in [0.5, 0.6) is 5.75 Å². The van der Waals surface area contributed by atoms with Crippen LogP contribution < -0.4 is 4.74 Å². The lowest BCUT2D eigenvalue weighted by molar-refractivity contribution is 0.0857. The zero-order valence-corrected chi connectivity index (χ0v) is 14.3. The van der Waals surface area contributed by atoms with Gasteiger partial charge in [-0.2, -0.15) is 0 Å². The first-order chi connectivity index (χ1) is 11.1. The summed E-state index contributed by atoms with van der Waals surface area (Å²) in [5, 5.41) is 1.48. The van der Waals surface area contributed by atoms with Crippen LogP contribution in [0.4, 0.5) is 0 Å². The second-order valence-corrected chi connectivity index (χ2v) is 6.81. The van der Waals surface area contributed by atoms with Crippen molar-refractivity contribution >= 4 is 44.3 Å². The monoisotopic (exact) mass is 390 g/mol. The van der Waals surface area contributed by atoms with Crippen molar-refractivity contribution in [2.45, 2.75) is 6.42 Å². The van der Waals surface area contributed by atoms with Crippen molar-refractivity contribution in [3.63, 3.8) is 0 Å². The van der Waals surface area contributed by atoms with E-state index >= 15 is 0 Å². The molecule has 1 N–H and O–H groups in total. The smallest absolute Gasteiger partial charge is 0.171 e. The molecular formula is C17H12BrClN2O2. The van der Waals surface area contributed by atoms with Crippen molar-refractivity contribution in [2.24, 2.45) is 5.92 Å². The summed E-state index contributed by atoms with van der Waals surface area (Å²) in [4.78, 5) is 20.3. The van der Waals surface area contributed by atoms with E-state index in [4.69, 9.17) is 16.3 Å². The molecule has 0 radical (unpaired) electrons. The minimum Gasteiger partial charge on any atom is -0.493 e. The van der Waals surface area contributed by atoms with E-state index in [1.807, 2.05) is 24.3 Å². The third-order valence-corrected chi connectivity index (χ3v) is 4.75. The molecule has 0 spiro atoms. The Morgan fingerprint density at radius 3 is 3.09 bits per heavy atom. The van der Waals surface area contributed by atoms with Gasteiger partial charge in [-0.05, 0) is 58.2 Å². The second-order valence-electron chi connectivity index (χ2n) is 5.56. The van der Waals surface area contributed by atoms with Gasteiger partial charge in [-0.25, -0.2) is 4.98 Å². The summed E-state index contributed by atoms with van der Waals surface area (Å²) in [6.07, 6.45) is 2.35. The topological polar surface area (TPSA) is 55.0 Å². The molecule has 0 fully saturated rings. The number of Topliss-reactive ketones (excluding diaryl/α,β-unsaturated/α-hetero) is 1. The van der Waals surface area contributed by atoms with Crippen LogP contribution >= 0.6 is 27.5 Å². The minimum absolute atomic E-state index is 0.0611. The zero-order chi connectivity index (χ0) is 16.0. The van der Waals surface area contributed by atoms with Crippen LogP contribution in [0.15, 0.2) is 41.1 Å². The van der Waals surface area contributed by atoms with Crippen LogP contribution in [-0.4, -0.2) is 22.4 Å². The Labute approximate surface area is 145 Å². The Morgan fingerprint density at radius 1 is 1.35 bits per heavy atom. The zero-order valence-electron chi connectivity index (χ0n) is 12.0. The van der Waals surface area contributed by atoms with Crippen LogP contribution in [-0.2, 0) is 6.42 Å². The first kappa shape index (κ1) is 14.7. The molecule has 4 nitrogen and oxygen atoms in total. The highest BCUT2D eigenvalue weighted by Gasteiger charge is 2.28. The van der Waals surface area contributed by atoms with E-state index in [0.717, 1.165) is 21.3 Å². The molecule has 4 rings (SSSR count). The standard InChI is InChI=1S/C17H12BrClN2O2/c18-15-4-2-12-13(7-20-17(12)21-15)16(22)10-5-9-6-11(19)1-3-14(9)23-8-10/h1-4,6-7,10H,5,8H2,(H,20,21). The molecule has 3 heterocycles. The fraction of sp³-hybridized carbons (Fsp3) is 0.176. The molecule has 1 unspecified atom stereocenters. The van der Waals surface area contributed by atoms with Gasteiger partial charge in [0.2, 0.25) is 0 Å². The first-order valence-electron chi connectivity index (χ1n) is 7.21. The number of ether oxygens (including phenoxy) is 1. The Hall–Kier alpha value is -1.85. The SMILES string of the molecule is O=C(c1c[nH]c2nc(Br)ccc12)C1COc2ccc(Cl)cc2C1. The molecule has 6 heteroatoms. The number of carbonyl (C=O) groups is 1. The third kappa shape index (κ3) is 2.64. The highest BCUT2D eigenvalue weighted by Crippen LogP contribution is 2.32. The molecule has 1 aliphatic heterocycles. The first-order valence-corrected chi connectivity index (χ1v) is 8.38. The molecule has 1 aliphatic rings. The van der Waals surface area contributed by atoms with Gasteiger partial charge in [-0.1, -0.05) is 11.6 Å². The highest BCUT2D eigenvalue weighted by atomic mass is 79.9. The normalized spacial score (nSPS) is 16.9. The molecule has 0 aliphatic carbocycles. The van der Waals surface area contributed by atoms with Gasteiger partial charge in [0.05, 0.1) is 12.5 Å². The van der Waals surface area contributed by atoms with Crippen molar-refractivity contribution in [1.29, 1.82) is 0 Å². The number of rotatable bonds is 2. The molecule has 23 heavy (non-hydrogen) atoms. The molecular weight excluding hydrogens is 380 g/mol. The van der Waals surface area contributed by atoms with Gasteiger partial charge in [0.15, 0.2) is 5.78 Å². The summed E-state index contributed by atoms with van der Waals surface area (Å²) in [6, 6.07) is 9.24. The average Bonchev–Trinajstić information content (AvgIpc) is 2.96. The van der Waals surface area contributed by atoms with Gasteiger partial charge in [0, 0.05) is 22.2 Å². The largest absolute Gasteiger partial charge is 0.493 e. The van der Waals surface area contributed by atoms with Gasteiger partial charge in [-0.15, -0.1) is 0 Å². The highest BCUT2D eigenvalue weighted by molar-refractivity contribution is 9.10. The van der Waals surface area contributed by atoms with Crippen molar-refractivity contribution < 1.29 is 9.53 Å². The Kier molecular flexibility index (Phi) is 3.62. The van der Waals surface area contributed by atoms with E-state index < -0.39 is 0 Å². The lowest BCUT2D eigenvalue weighted by Crippen LogP contribution is -2.28. The number of carbonyl (C=O) groups excluding carboxylic acids is 1. The van der Waals surface area contributed by atoms with Crippen LogP contribution in [0.2, 0.25) is 5.02 Å². The lowest BCUT2D eigenvalue weighted by Gasteiger charge is -2.24. The maximum absolute atomic E-state index is 12.9. The molecule has 0 amide bonds. The predicted octanol–water partition coefficient (Wildman–Crippen LogP) is 4.41. The lowest BCUT2D eigenvalue weighted by atomic mass is 9.90. The Morgan fingerprint density at radius 2 is 2.22 bits per heavy atom. The molecule has 0 bridgehead atoms. The quantitative estimate of drug-likeness (QED) is 0.520. The molecule has 1 atom stereocenters. The summed E-state index contributed by atoms with van der Waals surface area (Å²) < 4.78 is 6.46. The van der Waals surface area contributed by atoms with E-state index in [0.29, 0.717) is 29.3 Å². The van der Waals surface area contributed by atoms with E-state index in [-0.39, 0.29) is 11.7 Å². The van der Waals surface area contributed by atoms with E-state index in [1.165, 1.54) is 0 Å². The van der Waals surface area contributed by atoms with Crippen LogP contribution in [0.1, 0.15) is 15.9 Å². The van der Waals surface area contributed by atoms with Crippen LogP contribution in [0.25, 0.3) is 11.0 Å². The summed E-state index contributed by atoms with van der Waals surface area (Å²) in [5.74, 6) is 0.651. The van der Waals surface area contributed by atoms with Gasteiger partial charge < -0.3 is 9.72 Å². The number of nitrogens with one attached hydrogen (secondary N) is 1. The van der Waals surface area contributed by atoms with Crippen molar-refractivity contribution in [2.75, 3.05) is 6.61 Å². The van der Waals surface area contributed by atoms with E-state index in [1.54, 1.807) is 12.3 Å². The number of fused-ring (bicyclic) bond motifs is 2. The van der Waals surface area contributed by atoms with E-state index in [9.17, 15) is 4.79 Å². The van der Waals surface area contributed by atoms with Crippen molar-refractivity contribution in [1.82, 2.24) is 9.97 Å². The van der Waals surface area contributed by atoms with Gasteiger partial charge in [0.25, 0.3) is 0 Å². The number of hydrogen-bond donors (Lipinski definition) is 1. The predicted molar refractivity (Wildman–Crippen MR) is 92.3 cm³/mol. The van der Waals surface area contributed by atoms with E-state index in [2.05, 4.69) is 25.9 Å². The van der Waals surface area contributed by atoms with Crippen molar-refractivity contribution in [3.8, 4) is 5.75 Å². The van der Waals surface area contributed by atoms with Crippen LogP contribution in [0.3, 0.4) is 0 Å². The summed E-state index contributed by atoms with van der Waals surface area (Å²) in [6.45, 7) is 0.379. The van der Waals surface area contributed by atoms with Gasteiger partial charge in [0.1, 0.15) is 16.0 Å². The number of aromatic amines is 1. The van der Waals surface area contributed by atoms with Gasteiger partial charge in [-0.3, -0.25) is 4.79 Å². The third-order valence-electron chi connectivity index (χ3n) is 4.07. The number of benzene rings is 1. The Bertz CT molecular complexity index is 922. The average molecular weight is 392 g/mol. The number of pyridine rings is 1. The minimum atomic E-state index is -0.219. The molecule has 116 valence electrons. The summed E-state index contributed by atoms with van der Waals surface area (Å²) in [5.41, 5.74) is 2.32. The number of ketones is 1. The molecule has 3 aromatic rings.